The molecular weight excluding hydrogens is 504 g/mol. The summed E-state index contributed by atoms with van der Waals surface area (Å²) in [6.07, 6.45) is -0.645. The number of carbonyl (C=O) groups is 5. The molecule has 3 atom stereocenters. The number of halogens is 2. The van der Waals surface area contributed by atoms with Gasteiger partial charge in [0.2, 0.25) is 17.4 Å². The normalized spacial score (nSPS) is 23.8. The second-order valence-corrected chi connectivity index (χ2v) is 9.75. The topological polar surface area (TPSA) is 153 Å². The van der Waals surface area contributed by atoms with Crippen molar-refractivity contribution in [1.29, 1.82) is 0 Å². The Balaban J connectivity index is 1.76. The first-order valence-electron chi connectivity index (χ1n) is 11.0. The molecule has 2 aliphatic rings. The number of amides is 3. The van der Waals surface area contributed by atoms with Crippen molar-refractivity contribution < 1.29 is 37.9 Å². The fourth-order valence-corrected chi connectivity index (χ4v) is 4.50. The predicted octanol–water partition coefficient (Wildman–Crippen LogP) is 0.639. The van der Waals surface area contributed by atoms with Gasteiger partial charge in [-0.3, -0.25) is 19.2 Å². The van der Waals surface area contributed by atoms with E-state index in [2.05, 4.69) is 20.6 Å². The van der Waals surface area contributed by atoms with E-state index < -0.39 is 67.3 Å². The van der Waals surface area contributed by atoms with E-state index in [0.29, 0.717) is 5.02 Å². The van der Waals surface area contributed by atoms with E-state index in [1.165, 1.54) is 25.2 Å². The zero-order chi connectivity index (χ0) is 26.0. The van der Waals surface area contributed by atoms with Crippen molar-refractivity contribution in [3.8, 4) is 0 Å². The maximum absolute atomic E-state index is 12.8. The minimum Gasteiger partial charge on any atom is -0.715 e. The lowest BCUT2D eigenvalue weighted by molar-refractivity contribution is -0.158. The van der Waals surface area contributed by atoms with Gasteiger partial charge in [0.05, 0.1) is 30.0 Å². The molecule has 0 spiro atoms. The Hall–Kier alpha value is -2.83. The van der Waals surface area contributed by atoms with E-state index in [9.17, 15) is 24.0 Å². The van der Waals surface area contributed by atoms with E-state index in [4.69, 9.17) is 32.5 Å². The minimum atomic E-state index is -2.96. The molecule has 1 aromatic carbocycles. The summed E-state index contributed by atoms with van der Waals surface area (Å²) in [5.74, 6) is -4.37. The van der Waals surface area contributed by atoms with E-state index in [1.807, 2.05) is 13.8 Å². The first kappa shape index (κ1) is 26.8. The van der Waals surface area contributed by atoms with Crippen molar-refractivity contribution in [3.63, 3.8) is 0 Å². The number of aliphatic carboxylic acids is 1. The quantitative estimate of drug-likeness (QED) is 0.313. The number of carbonyl (C=O) groups excluding carboxylic acids is 4. The zero-order valence-electron chi connectivity index (χ0n) is 19.4. The molecule has 3 amide bonds. The van der Waals surface area contributed by atoms with Crippen molar-refractivity contribution in [2.45, 2.75) is 44.7 Å². The van der Waals surface area contributed by atoms with Gasteiger partial charge in [0, 0.05) is 22.8 Å². The predicted molar refractivity (Wildman–Crippen MR) is 126 cm³/mol. The summed E-state index contributed by atoms with van der Waals surface area (Å²) in [7, 11) is 1.39. The highest BCUT2D eigenvalue weighted by molar-refractivity contribution is 6.67. The first-order chi connectivity index (χ1) is 16.4. The summed E-state index contributed by atoms with van der Waals surface area (Å²) < 4.78 is 15.3. The lowest BCUT2D eigenvalue weighted by Crippen LogP contribution is -2.66. The van der Waals surface area contributed by atoms with Crippen LogP contribution < -0.4 is 16.0 Å². The first-order valence-corrected chi connectivity index (χ1v) is 11.7. The second-order valence-electron chi connectivity index (χ2n) is 8.90. The van der Waals surface area contributed by atoms with Crippen LogP contribution in [0, 0.1) is 5.92 Å². The Bertz CT molecular complexity index is 1070. The molecular formula is C21H26BCl2N3O8. The van der Waals surface area contributed by atoms with Crippen LogP contribution in [0.1, 0.15) is 43.5 Å². The lowest BCUT2D eigenvalue weighted by Gasteiger charge is -2.43. The second kappa shape index (κ2) is 10.4. The summed E-state index contributed by atoms with van der Waals surface area (Å²) in [6, 6.07) is 4.34. The van der Waals surface area contributed by atoms with E-state index in [1.54, 1.807) is 0 Å². The Morgan fingerprint density at radius 1 is 1.20 bits per heavy atom. The van der Waals surface area contributed by atoms with Crippen molar-refractivity contribution in [2.75, 3.05) is 13.6 Å². The maximum Gasteiger partial charge on any atom is 0.594 e. The molecule has 1 aromatic rings. The Labute approximate surface area is 211 Å². The van der Waals surface area contributed by atoms with Crippen molar-refractivity contribution in [2.24, 2.45) is 5.92 Å². The van der Waals surface area contributed by atoms with E-state index in [0.717, 1.165) is 0 Å². The number of carboxylic acids is 1. The van der Waals surface area contributed by atoms with Crippen LogP contribution in [0.3, 0.4) is 0 Å². The molecule has 2 fully saturated rings. The van der Waals surface area contributed by atoms with Gasteiger partial charge in [0.25, 0.3) is 11.9 Å². The third-order valence-corrected chi connectivity index (χ3v) is 6.26. The van der Waals surface area contributed by atoms with Crippen molar-refractivity contribution >= 4 is 59.6 Å². The van der Waals surface area contributed by atoms with Crippen LogP contribution in [0.25, 0.3) is 0 Å². The molecule has 35 heavy (non-hydrogen) atoms. The average Bonchev–Trinajstić information content (AvgIpc) is 2.98. The van der Waals surface area contributed by atoms with Crippen LogP contribution >= 0.6 is 23.2 Å². The molecule has 0 aliphatic carbocycles. The molecule has 2 bridgehead atoms. The highest BCUT2D eigenvalue weighted by Crippen LogP contribution is 2.41. The van der Waals surface area contributed by atoms with Gasteiger partial charge in [0.1, 0.15) is 0 Å². The molecule has 0 saturated carbocycles. The van der Waals surface area contributed by atoms with Crippen LogP contribution in [0.15, 0.2) is 18.2 Å². The average molecular weight is 530 g/mol. The highest BCUT2D eigenvalue weighted by atomic mass is 35.5. The fourth-order valence-electron chi connectivity index (χ4n) is 4.12. The number of hydrogen-bond donors (Lipinski definition) is 3. The van der Waals surface area contributed by atoms with Crippen molar-refractivity contribution in [3.05, 3.63) is 33.8 Å². The molecule has 0 aromatic heterocycles. The standard InChI is InChI=1S/C21H26BCl2N3O8/c1-11(2)6-15(27-17(29)10-26-19(31)13-7-12(23)4-5-14(13)24)22-33-18(30)9-21(35-22,20(32)34-22)8-16(28)25-3/h4-5,7,11,15,34H,6,8-10H2,1-3H3,(H,25,28)(H,26,31)(H,27,29)/t15-,21+,22?/m0/s1. The monoisotopic (exact) mass is 529 g/mol. The molecule has 0 radical (unpaired) electrons. The molecule has 4 N–H and O–H groups in total. The van der Waals surface area contributed by atoms with Crippen LogP contribution in [0.5, 0.6) is 0 Å². The van der Waals surface area contributed by atoms with Gasteiger partial charge in [-0.2, -0.15) is 0 Å². The zero-order valence-corrected chi connectivity index (χ0v) is 20.9. The van der Waals surface area contributed by atoms with Crippen LogP contribution in [0.4, 0.5) is 0 Å². The SMILES string of the molecule is CNC(=O)C[C@]12CC(=O)O[B-]([C@H](CC(C)C)NC(=O)CNC(=O)c3cc(Cl)ccc3Cl)(O1)[OH+]C2=O. The van der Waals surface area contributed by atoms with Gasteiger partial charge in [-0.15, -0.1) is 0 Å². The number of rotatable bonds is 9. The number of nitrogens with one attached hydrogen (secondary N) is 3. The van der Waals surface area contributed by atoms with Crippen LogP contribution in [-0.4, -0.2) is 66.2 Å². The molecule has 3 rings (SSSR count). The molecule has 2 aliphatic heterocycles. The molecule has 190 valence electrons. The van der Waals surface area contributed by atoms with Gasteiger partial charge in [0.15, 0.2) is 0 Å². The number of hydrogen-bond acceptors (Lipinski definition) is 7. The Morgan fingerprint density at radius 2 is 1.91 bits per heavy atom. The third-order valence-electron chi connectivity index (χ3n) is 5.70. The van der Waals surface area contributed by atoms with E-state index >= 15 is 0 Å². The fraction of sp³-hybridized carbons (Fsp3) is 0.476. The van der Waals surface area contributed by atoms with Gasteiger partial charge in [-0.25, -0.2) is 0 Å². The largest absolute Gasteiger partial charge is 0.715 e. The summed E-state index contributed by atoms with van der Waals surface area (Å²) in [5, 5.41) is 7.95. The number of fused-ring (bicyclic) bond motifs is 2. The van der Waals surface area contributed by atoms with Crippen molar-refractivity contribution in [1.82, 2.24) is 16.0 Å². The lowest BCUT2D eigenvalue weighted by atomic mass is 9.64. The summed E-state index contributed by atoms with van der Waals surface area (Å²) >= 11 is 11.9. The highest BCUT2D eigenvalue weighted by Gasteiger charge is 2.70. The summed E-state index contributed by atoms with van der Waals surface area (Å²) in [5.41, 5.74) is -1.69. The van der Waals surface area contributed by atoms with Crippen LogP contribution in [0.2, 0.25) is 10.0 Å². The molecule has 14 heteroatoms. The van der Waals surface area contributed by atoms with Gasteiger partial charge >= 0.3 is 12.7 Å². The summed E-state index contributed by atoms with van der Waals surface area (Å²) in [4.78, 5) is 62.4. The molecule has 2 saturated heterocycles. The molecule has 1 unspecified atom stereocenters. The number of benzene rings is 1. The van der Waals surface area contributed by atoms with Gasteiger partial charge in [-0.1, -0.05) is 43.5 Å². The smallest absolute Gasteiger partial charge is 0.594 e. The minimum absolute atomic E-state index is 0.0279. The third kappa shape index (κ3) is 5.88. The van der Waals surface area contributed by atoms with Crippen LogP contribution in [-0.2, 0) is 28.5 Å². The molecule has 11 nitrogen and oxygen atoms in total. The Morgan fingerprint density at radius 3 is 2.57 bits per heavy atom. The van der Waals surface area contributed by atoms with Gasteiger partial charge in [-0.05, 0) is 24.1 Å². The summed E-state index contributed by atoms with van der Waals surface area (Å²) in [6.45, 7) is 0.296. The Kier molecular flexibility index (Phi) is 7.98. The van der Waals surface area contributed by atoms with Gasteiger partial charge < -0.3 is 29.9 Å². The maximum atomic E-state index is 12.8. The van der Waals surface area contributed by atoms with E-state index in [-0.39, 0.29) is 22.9 Å². The molecule has 2 heterocycles.